The summed E-state index contributed by atoms with van der Waals surface area (Å²) in [7, 11) is 0. The molecule has 0 aliphatic carbocycles. The average molecular weight is 412 g/mol. The van der Waals surface area contributed by atoms with Crippen molar-refractivity contribution in [1.29, 1.82) is 0 Å². The van der Waals surface area contributed by atoms with Crippen LogP contribution in [0.3, 0.4) is 0 Å². The van der Waals surface area contributed by atoms with E-state index in [1.807, 2.05) is 41.3 Å². The second kappa shape index (κ2) is 9.09. The molecule has 0 spiro atoms. The van der Waals surface area contributed by atoms with Crippen LogP contribution in [0.15, 0.2) is 64.2 Å². The Morgan fingerprint density at radius 1 is 1.00 bits per heavy atom. The van der Waals surface area contributed by atoms with Crippen molar-refractivity contribution in [2.75, 3.05) is 36.8 Å². The van der Waals surface area contributed by atoms with E-state index in [4.69, 9.17) is 4.42 Å². The molecule has 6 nitrogen and oxygen atoms in total. The van der Waals surface area contributed by atoms with Gasteiger partial charge < -0.3 is 14.2 Å². The summed E-state index contributed by atoms with van der Waals surface area (Å²) in [5, 5.41) is 8.46. The summed E-state index contributed by atoms with van der Waals surface area (Å²) in [5.41, 5.74) is 1.68. The first-order valence-corrected chi connectivity index (χ1v) is 10.4. The summed E-state index contributed by atoms with van der Waals surface area (Å²) in [6, 6.07) is 16.6. The van der Waals surface area contributed by atoms with Crippen LogP contribution in [0.1, 0.15) is 11.5 Å². The number of carbonyl (C=O) groups excluding carboxylic acids is 1. The largest absolute Gasteiger partial charge is 0.416 e. The number of thioether (sulfide) groups is 1. The van der Waals surface area contributed by atoms with Crippen molar-refractivity contribution in [3.05, 3.63) is 71.9 Å². The van der Waals surface area contributed by atoms with Crippen LogP contribution in [0, 0.1) is 5.82 Å². The fraction of sp³-hybridized carbons (Fsp3) is 0.286. The molecule has 4 rings (SSSR count). The van der Waals surface area contributed by atoms with E-state index >= 15 is 0 Å². The molecule has 29 heavy (non-hydrogen) atoms. The lowest BCUT2D eigenvalue weighted by atomic mass is 10.2. The minimum absolute atomic E-state index is 0.0194. The molecule has 1 aliphatic heterocycles. The summed E-state index contributed by atoms with van der Waals surface area (Å²) in [4.78, 5) is 16.3. The fourth-order valence-corrected chi connectivity index (χ4v) is 3.94. The molecule has 2 aromatic carbocycles. The topological polar surface area (TPSA) is 62.5 Å². The Kier molecular flexibility index (Phi) is 6.09. The Hall–Kier alpha value is -2.87. The van der Waals surface area contributed by atoms with Crippen molar-refractivity contribution in [3.63, 3.8) is 0 Å². The van der Waals surface area contributed by atoms with E-state index in [0.29, 0.717) is 49.4 Å². The summed E-state index contributed by atoms with van der Waals surface area (Å²) in [6.07, 6.45) is 0.570. The van der Waals surface area contributed by atoms with E-state index in [1.54, 1.807) is 17.0 Å². The Bertz CT molecular complexity index is 958. The third-order valence-electron chi connectivity index (χ3n) is 4.79. The van der Waals surface area contributed by atoms with Crippen molar-refractivity contribution in [2.45, 2.75) is 11.6 Å². The predicted molar refractivity (Wildman–Crippen MR) is 109 cm³/mol. The summed E-state index contributed by atoms with van der Waals surface area (Å²) in [5.74, 6) is 0.563. The maximum absolute atomic E-state index is 13.9. The molecular formula is C21H21FN4O2S. The minimum atomic E-state index is -0.231. The number of aromatic nitrogens is 2. The Morgan fingerprint density at radius 2 is 1.72 bits per heavy atom. The molecule has 0 N–H and O–H groups in total. The lowest BCUT2D eigenvalue weighted by Gasteiger charge is -2.36. The van der Waals surface area contributed by atoms with Crippen molar-refractivity contribution >= 4 is 23.4 Å². The lowest BCUT2D eigenvalue weighted by Crippen LogP contribution is -2.49. The number of benzene rings is 2. The van der Waals surface area contributed by atoms with Gasteiger partial charge in [-0.05, 0) is 17.7 Å². The summed E-state index contributed by atoms with van der Waals surface area (Å²) >= 11 is 1.25. The van der Waals surface area contributed by atoms with E-state index in [9.17, 15) is 9.18 Å². The predicted octanol–water partition coefficient (Wildman–Crippen LogP) is 3.24. The summed E-state index contributed by atoms with van der Waals surface area (Å²) in [6.45, 7) is 2.35. The van der Waals surface area contributed by atoms with Gasteiger partial charge in [0.15, 0.2) is 0 Å². The van der Waals surface area contributed by atoms with Gasteiger partial charge >= 0.3 is 0 Å². The van der Waals surface area contributed by atoms with E-state index in [0.717, 1.165) is 5.56 Å². The molecule has 1 amide bonds. The van der Waals surface area contributed by atoms with Crippen molar-refractivity contribution in [1.82, 2.24) is 15.1 Å². The van der Waals surface area contributed by atoms with E-state index in [-0.39, 0.29) is 17.5 Å². The molecule has 1 aliphatic rings. The normalized spacial score (nSPS) is 14.2. The molecule has 0 bridgehead atoms. The lowest BCUT2D eigenvalue weighted by molar-refractivity contribution is -0.128. The number of rotatable bonds is 6. The SMILES string of the molecule is O=C(CSc1nnc(Cc2ccccc2)o1)N1CCN(c2ccccc2F)CC1. The molecule has 0 unspecified atom stereocenters. The second-order valence-corrected chi connectivity index (χ2v) is 7.66. The van der Waals surface area contributed by atoms with Crippen molar-refractivity contribution in [3.8, 4) is 0 Å². The van der Waals surface area contributed by atoms with Gasteiger partial charge in [-0.25, -0.2) is 4.39 Å². The highest BCUT2D eigenvalue weighted by Crippen LogP contribution is 2.22. The molecule has 1 fully saturated rings. The Balaban J connectivity index is 1.25. The van der Waals surface area contributed by atoms with Gasteiger partial charge in [0, 0.05) is 26.2 Å². The molecule has 0 saturated carbocycles. The number of hydrogen-bond donors (Lipinski definition) is 0. The van der Waals surface area contributed by atoms with Gasteiger partial charge in [-0.1, -0.05) is 54.2 Å². The van der Waals surface area contributed by atoms with Crippen LogP contribution in [0.5, 0.6) is 0 Å². The number of halogens is 1. The number of anilines is 1. The average Bonchev–Trinajstić information content (AvgIpc) is 3.20. The second-order valence-electron chi connectivity index (χ2n) is 6.73. The van der Waals surface area contributed by atoms with Crippen molar-refractivity contribution in [2.24, 2.45) is 0 Å². The van der Waals surface area contributed by atoms with Crippen LogP contribution < -0.4 is 4.90 Å². The number of amides is 1. The molecule has 1 saturated heterocycles. The molecule has 0 radical (unpaired) electrons. The van der Waals surface area contributed by atoms with Crippen LogP contribution in [0.4, 0.5) is 10.1 Å². The molecule has 1 aromatic heterocycles. The Morgan fingerprint density at radius 3 is 2.48 bits per heavy atom. The van der Waals surface area contributed by atoms with E-state index in [2.05, 4.69) is 10.2 Å². The van der Waals surface area contributed by atoms with Gasteiger partial charge in [-0.2, -0.15) is 0 Å². The molecule has 0 atom stereocenters. The number of para-hydroxylation sites is 1. The molecule has 3 aromatic rings. The zero-order valence-corrected chi connectivity index (χ0v) is 16.6. The molecule has 2 heterocycles. The van der Waals surface area contributed by atoms with Gasteiger partial charge in [0.05, 0.1) is 17.9 Å². The maximum atomic E-state index is 13.9. The molecular weight excluding hydrogens is 391 g/mol. The van der Waals surface area contributed by atoms with E-state index < -0.39 is 0 Å². The first kappa shape index (κ1) is 19.4. The third-order valence-corrected chi connectivity index (χ3v) is 5.59. The highest BCUT2D eigenvalue weighted by atomic mass is 32.2. The smallest absolute Gasteiger partial charge is 0.277 e. The molecule has 150 valence electrons. The fourth-order valence-electron chi connectivity index (χ4n) is 3.26. The van der Waals surface area contributed by atoms with Gasteiger partial charge in [-0.15, -0.1) is 10.2 Å². The highest BCUT2D eigenvalue weighted by molar-refractivity contribution is 7.99. The van der Waals surface area contributed by atoms with Gasteiger partial charge in [0.25, 0.3) is 5.22 Å². The van der Waals surface area contributed by atoms with Crippen LogP contribution in [-0.2, 0) is 11.2 Å². The maximum Gasteiger partial charge on any atom is 0.277 e. The number of nitrogens with zero attached hydrogens (tertiary/aromatic N) is 4. The first-order chi connectivity index (χ1) is 14.2. The van der Waals surface area contributed by atoms with Gasteiger partial charge in [0.1, 0.15) is 5.82 Å². The number of carbonyl (C=O) groups is 1. The van der Waals surface area contributed by atoms with Crippen LogP contribution in [-0.4, -0.2) is 52.9 Å². The zero-order valence-electron chi connectivity index (χ0n) is 15.8. The first-order valence-electron chi connectivity index (χ1n) is 9.45. The van der Waals surface area contributed by atoms with E-state index in [1.165, 1.54) is 17.8 Å². The Labute approximate surface area is 172 Å². The van der Waals surface area contributed by atoms with Crippen LogP contribution in [0.2, 0.25) is 0 Å². The van der Waals surface area contributed by atoms with Gasteiger partial charge in [-0.3, -0.25) is 4.79 Å². The zero-order chi connectivity index (χ0) is 20.1. The van der Waals surface area contributed by atoms with Crippen molar-refractivity contribution < 1.29 is 13.6 Å². The van der Waals surface area contributed by atoms with Crippen LogP contribution >= 0.6 is 11.8 Å². The highest BCUT2D eigenvalue weighted by Gasteiger charge is 2.23. The molecule has 8 heteroatoms. The minimum Gasteiger partial charge on any atom is -0.416 e. The van der Waals surface area contributed by atoms with Gasteiger partial charge in [0.2, 0.25) is 11.8 Å². The monoisotopic (exact) mass is 412 g/mol. The summed E-state index contributed by atoms with van der Waals surface area (Å²) < 4.78 is 19.6. The number of piperazine rings is 1. The number of hydrogen-bond acceptors (Lipinski definition) is 6. The standard InChI is InChI=1S/C21H21FN4O2S/c22-17-8-4-5-9-18(17)25-10-12-26(13-11-25)20(27)15-29-21-24-23-19(28-21)14-16-6-2-1-3-7-16/h1-9H,10-15H2. The quantitative estimate of drug-likeness (QED) is 0.579. The van der Waals surface area contributed by atoms with Crippen LogP contribution in [0.25, 0.3) is 0 Å². The third kappa shape index (κ3) is 4.95.